The predicted octanol–water partition coefficient (Wildman–Crippen LogP) is 2.04. The summed E-state index contributed by atoms with van der Waals surface area (Å²) in [6, 6.07) is 0. The average molecular weight is 167 g/mol. The summed E-state index contributed by atoms with van der Waals surface area (Å²) in [6.45, 7) is 2.79. The molecule has 1 N–H and O–H groups in total. The van der Waals surface area contributed by atoms with Crippen LogP contribution in [0.2, 0.25) is 0 Å². The highest BCUT2D eigenvalue weighted by molar-refractivity contribution is 5.45. The monoisotopic (exact) mass is 167 g/mol. The van der Waals surface area contributed by atoms with Crippen molar-refractivity contribution in [3.8, 4) is 0 Å². The Morgan fingerprint density at radius 1 is 1.25 bits per heavy atom. The number of nitrogens with one attached hydrogen (secondary N) is 1. The lowest BCUT2D eigenvalue weighted by atomic mass is 10.2. The van der Waals surface area contributed by atoms with Gasteiger partial charge < -0.3 is 5.32 Å². The topological polar surface area (TPSA) is 29.1 Å². The van der Waals surface area contributed by atoms with Gasteiger partial charge in [-0.3, -0.25) is 4.79 Å². The van der Waals surface area contributed by atoms with Gasteiger partial charge >= 0.3 is 0 Å². The second-order valence-electron chi connectivity index (χ2n) is 2.52. The van der Waals surface area contributed by atoms with Crippen molar-refractivity contribution in [1.29, 1.82) is 0 Å². The highest BCUT2D eigenvalue weighted by Gasteiger charge is 1.83. The molecule has 0 aliphatic rings. The molecule has 0 saturated carbocycles. The van der Waals surface area contributed by atoms with Crippen molar-refractivity contribution in [2.75, 3.05) is 6.54 Å². The number of carbonyl (C=O) groups excluding carboxylic acids is 1. The Morgan fingerprint density at radius 3 is 2.75 bits per heavy atom. The van der Waals surface area contributed by atoms with Crippen LogP contribution in [0.25, 0.3) is 0 Å². The average Bonchev–Trinajstić information content (AvgIpc) is 2.10. The van der Waals surface area contributed by atoms with E-state index in [-0.39, 0.29) is 0 Å². The molecule has 1 amide bonds. The van der Waals surface area contributed by atoms with Crippen LogP contribution < -0.4 is 5.32 Å². The number of hydrogen-bond donors (Lipinski definition) is 1. The summed E-state index contributed by atoms with van der Waals surface area (Å²) < 4.78 is 0. The Balaban J connectivity index is 3.04. The zero-order valence-electron chi connectivity index (χ0n) is 7.62. The zero-order valence-corrected chi connectivity index (χ0v) is 7.62. The fourth-order valence-electron chi connectivity index (χ4n) is 0.834. The molecule has 68 valence electrons. The van der Waals surface area contributed by atoms with Crippen molar-refractivity contribution < 1.29 is 4.79 Å². The lowest BCUT2D eigenvalue weighted by Crippen LogP contribution is -2.11. The fraction of sp³-hybridized carbons (Fsp3) is 0.500. The van der Waals surface area contributed by atoms with Crippen molar-refractivity contribution in [3.05, 3.63) is 24.3 Å². The van der Waals surface area contributed by atoms with E-state index in [4.69, 9.17) is 0 Å². The molecule has 12 heavy (non-hydrogen) atoms. The summed E-state index contributed by atoms with van der Waals surface area (Å²) in [6.07, 6.45) is 12.2. The molecule has 0 aliphatic carbocycles. The first kappa shape index (κ1) is 11.0. The number of hydrogen-bond acceptors (Lipinski definition) is 1. The molecule has 0 aromatic carbocycles. The highest BCUT2D eigenvalue weighted by Crippen LogP contribution is 1.95. The Kier molecular flexibility index (Phi) is 9.08. The number of unbranched alkanes of at least 4 members (excludes halogenated alkanes) is 2. The van der Waals surface area contributed by atoms with E-state index in [1.807, 2.05) is 25.2 Å². The number of allylic oxidation sites excluding steroid dienone is 4. The second-order valence-corrected chi connectivity index (χ2v) is 2.52. The van der Waals surface area contributed by atoms with Gasteiger partial charge in [0.05, 0.1) is 0 Å². The molecule has 0 bridgehead atoms. The van der Waals surface area contributed by atoms with E-state index in [2.05, 4.69) is 11.4 Å². The molecule has 0 heterocycles. The zero-order chi connectivity index (χ0) is 9.07. The Morgan fingerprint density at radius 2 is 2.08 bits per heavy atom. The summed E-state index contributed by atoms with van der Waals surface area (Å²) in [5.41, 5.74) is 0. The molecule has 0 unspecified atom stereocenters. The normalized spacial score (nSPS) is 11.1. The van der Waals surface area contributed by atoms with Crippen molar-refractivity contribution >= 4 is 6.41 Å². The maximum absolute atomic E-state index is 9.84. The molecule has 0 aromatic rings. The molecular formula is C10H17NO. The first-order chi connectivity index (χ1) is 5.91. The van der Waals surface area contributed by atoms with Crippen LogP contribution >= 0.6 is 0 Å². The quantitative estimate of drug-likeness (QED) is 0.351. The van der Waals surface area contributed by atoms with Crippen molar-refractivity contribution in [3.63, 3.8) is 0 Å². The summed E-state index contributed by atoms with van der Waals surface area (Å²) in [4.78, 5) is 9.84. The summed E-state index contributed by atoms with van der Waals surface area (Å²) >= 11 is 0. The van der Waals surface area contributed by atoms with E-state index in [0.29, 0.717) is 0 Å². The lowest BCUT2D eigenvalue weighted by molar-refractivity contribution is -0.109. The minimum atomic E-state index is 0.746. The maximum atomic E-state index is 9.84. The van der Waals surface area contributed by atoms with Crippen LogP contribution in [0.15, 0.2) is 24.3 Å². The van der Waals surface area contributed by atoms with E-state index in [0.717, 1.165) is 32.2 Å². The van der Waals surface area contributed by atoms with Crippen molar-refractivity contribution in [1.82, 2.24) is 5.32 Å². The molecule has 0 aromatic heterocycles. The predicted molar refractivity (Wildman–Crippen MR) is 51.9 cm³/mol. The van der Waals surface area contributed by atoms with Gasteiger partial charge in [0, 0.05) is 6.54 Å². The lowest BCUT2D eigenvalue weighted by Gasteiger charge is -1.95. The van der Waals surface area contributed by atoms with Gasteiger partial charge in [-0.15, -0.1) is 0 Å². The van der Waals surface area contributed by atoms with E-state index in [9.17, 15) is 4.79 Å². The fourth-order valence-corrected chi connectivity index (χ4v) is 0.834. The van der Waals surface area contributed by atoms with Crippen LogP contribution in [-0.4, -0.2) is 13.0 Å². The van der Waals surface area contributed by atoms with Gasteiger partial charge in [0.25, 0.3) is 0 Å². The highest BCUT2D eigenvalue weighted by atomic mass is 16.1. The van der Waals surface area contributed by atoms with Crippen LogP contribution in [0.4, 0.5) is 0 Å². The van der Waals surface area contributed by atoms with Crippen LogP contribution in [0.1, 0.15) is 26.2 Å². The Bertz CT molecular complexity index is 150. The van der Waals surface area contributed by atoms with Crippen molar-refractivity contribution in [2.24, 2.45) is 0 Å². The maximum Gasteiger partial charge on any atom is 0.207 e. The summed E-state index contributed by atoms with van der Waals surface area (Å²) in [5, 5.41) is 2.63. The van der Waals surface area contributed by atoms with Gasteiger partial charge in [-0.2, -0.15) is 0 Å². The smallest absolute Gasteiger partial charge is 0.207 e. The number of carbonyl (C=O) groups is 1. The molecule has 0 atom stereocenters. The molecule has 0 radical (unpaired) electrons. The first-order valence-electron chi connectivity index (χ1n) is 4.36. The van der Waals surface area contributed by atoms with Gasteiger partial charge in [-0.05, 0) is 26.2 Å². The standard InChI is InChI=1S/C10H17NO/c1-2-3-4-5-6-7-8-9-11-10-12/h2-5,10H,6-9H2,1H3,(H,11,12)/b3-2-,5-4-. The number of rotatable bonds is 7. The van der Waals surface area contributed by atoms with Crippen LogP contribution in [0.3, 0.4) is 0 Å². The van der Waals surface area contributed by atoms with Gasteiger partial charge in [0.2, 0.25) is 6.41 Å². The third kappa shape index (κ3) is 8.95. The third-order valence-electron chi connectivity index (χ3n) is 1.46. The van der Waals surface area contributed by atoms with E-state index < -0.39 is 0 Å². The largest absolute Gasteiger partial charge is 0.359 e. The van der Waals surface area contributed by atoms with Crippen LogP contribution in [0.5, 0.6) is 0 Å². The van der Waals surface area contributed by atoms with Gasteiger partial charge in [-0.1, -0.05) is 24.3 Å². The molecule has 0 fully saturated rings. The van der Waals surface area contributed by atoms with Crippen molar-refractivity contribution in [2.45, 2.75) is 26.2 Å². The first-order valence-corrected chi connectivity index (χ1v) is 4.36. The Labute approximate surface area is 74.4 Å². The Hall–Kier alpha value is -1.05. The van der Waals surface area contributed by atoms with E-state index >= 15 is 0 Å². The summed E-state index contributed by atoms with van der Waals surface area (Å²) in [5.74, 6) is 0. The molecule has 0 rings (SSSR count). The third-order valence-corrected chi connectivity index (χ3v) is 1.46. The molecular weight excluding hydrogens is 150 g/mol. The SMILES string of the molecule is C/C=C\C=C/CCCCNC=O. The number of amides is 1. The molecule has 2 heteroatoms. The van der Waals surface area contributed by atoms with E-state index in [1.165, 1.54) is 0 Å². The summed E-state index contributed by atoms with van der Waals surface area (Å²) in [7, 11) is 0. The van der Waals surface area contributed by atoms with Gasteiger partial charge in [0.1, 0.15) is 0 Å². The minimum Gasteiger partial charge on any atom is -0.359 e. The van der Waals surface area contributed by atoms with Gasteiger partial charge in [-0.25, -0.2) is 0 Å². The molecule has 0 saturated heterocycles. The second kappa shape index (κ2) is 9.95. The van der Waals surface area contributed by atoms with E-state index in [1.54, 1.807) is 0 Å². The minimum absolute atomic E-state index is 0.746. The van der Waals surface area contributed by atoms with Crippen LogP contribution in [-0.2, 0) is 4.79 Å². The van der Waals surface area contributed by atoms with Gasteiger partial charge in [0.15, 0.2) is 0 Å². The molecule has 2 nitrogen and oxygen atoms in total. The van der Waals surface area contributed by atoms with Crippen LogP contribution in [0, 0.1) is 0 Å². The molecule has 0 aliphatic heterocycles. The molecule has 0 spiro atoms.